The second-order valence-corrected chi connectivity index (χ2v) is 10.1. The van der Waals surface area contributed by atoms with Gasteiger partial charge in [0.05, 0.1) is 25.1 Å². The summed E-state index contributed by atoms with van der Waals surface area (Å²) >= 11 is 6.00. The van der Waals surface area contributed by atoms with Gasteiger partial charge in [0, 0.05) is 31.8 Å². The number of hydrogen-bond donors (Lipinski definition) is 0. The summed E-state index contributed by atoms with van der Waals surface area (Å²) in [7, 11) is 1.76. The molecule has 7 heteroatoms. The second-order valence-electron chi connectivity index (χ2n) is 9.71. The van der Waals surface area contributed by atoms with E-state index in [9.17, 15) is 9.59 Å². The van der Waals surface area contributed by atoms with Gasteiger partial charge in [0.2, 0.25) is 5.91 Å². The first kappa shape index (κ1) is 25.5. The lowest BCUT2D eigenvalue weighted by molar-refractivity contribution is -0.131. The smallest absolute Gasteiger partial charge is 0.257 e. The van der Waals surface area contributed by atoms with Gasteiger partial charge in [0.1, 0.15) is 12.4 Å². The quantitative estimate of drug-likeness (QED) is 0.605. The fourth-order valence-corrected chi connectivity index (χ4v) is 5.34. The molecule has 2 aromatic carbocycles. The molecule has 3 aliphatic rings. The number of benzene rings is 2. The average Bonchev–Trinajstić information content (AvgIpc) is 2.87. The molecule has 0 aliphatic carbocycles. The van der Waals surface area contributed by atoms with Crippen molar-refractivity contribution < 1.29 is 19.1 Å². The summed E-state index contributed by atoms with van der Waals surface area (Å²) in [6, 6.07) is 14.8. The van der Waals surface area contributed by atoms with Crippen molar-refractivity contribution in [1.82, 2.24) is 9.80 Å². The van der Waals surface area contributed by atoms with E-state index < -0.39 is 0 Å². The van der Waals surface area contributed by atoms with E-state index in [0.717, 1.165) is 50.8 Å². The Morgan fingerprint density at radius 3 is 2.49 bits per heavy atom. The third kappa shape index (κ3) is 6.56. The number of fused-ring (bicyclic) bond motifs is 9. The number of nitrogens with zero attached hydrogens (tertiary/aromatic N) is 2. The van der Waals surface area contributed by atoms with Gasteiger partial charge in [-0.05, 0) is 60.9 Å². The van der Waals surface area contributed by atoms with Gasteiger partial charge in [0.25, 0.3) is 5.91 Å². The van der Waals surface area contributed by atoms with Crippen LogP contribution in [0.25, 0.3) is 0 Å². The zero-order chi connectivity index (χ0) is 24.7. The lowest BCUT2D eigenvalue weighted by Crippen LogP contribution is -2.45. The van der Waals surface area contributed by atoms with Crippen LogP contribution in [0, 0.1) is 5.41 Å². The zero-order valence-electron chi connectivity index (χ0n) is 20.5. The molecule has 3 aliphatic heterocycles. The normalized spacial score (nSPS) is 18.9. The van der Waals surface area contributed by atoms with Crippen LogP contribution in [0.1, 0.15) is 48.0 Å². The predicted octanol–water partition coefficient (Wildman–Crippen LogP) is 4.84. The van der Waals surface area contributed by atoms with Crippen molar-refractivity contribution >= 4 is 23.4 Å². The Morgan fingerprint density at radius 2 is 1.74 bits per heavy atom. The minimum atomic E-state index is 0.0113. The van der Waals surface area contributed by atoms with E-state index in [0.29, 0.717) is 49.1 Å². The first-order chi connectivity index (χ1) is 17.0. The van der Waals surface area contributed by atoms with Gasteiger partial charge in [-0.25, -0.2) is 0 Å². The fraction of sp³-hybridized carbons (Fsp3) is 0.500. The maximum atomic E-state index is 13.3. The average molecular weight is 499 g/mol. The number of para-hydroxylation sites is 1. The Hall–Kier alpha value is -2.57. The van der Waals surface area contributed by atoms with Crippen LogP contribution >= 0.6 is 11.6 Å². The van der Waals surface area contributed by atoms with Gasteiger partial charge in [-0.2, -0.15) is 0 Å². The van der Waals surface area contributed by atoms with Crippen LogP contribution in [-0.4, -0.2) is 68.1 Å². The summed E-state index contributed by atoms with van der Waals surface area (Å²) in [5, 5.41) is 0.660. The summed E-state index contributed by atoms with van der Waals surface area (Å²) in [6.07, 6.45) is 5.16. The SMILES string of the molecule is COCC12CCCCN(C(=O)Cc3ccc(Cl)cc3)CCOc3ccccc3C(=O)N(CC1)CC2. The third-order valence-corrected chi connectivity index (χ3v) is 7.56. The van der Waals surface area contributed by atoms with Crippen molar-refractivity contribution in [2.24, 2.45) is 5.41 Å². The van der Waals surface area contributed by atoms with E-state index in [1.807, 2.05) is 58.3 Å². The first-order valence-electron chi connectivity index (χ1n) is 12.5. The summed E-state index contributed by atoms with van der Waals surface area (Å²) in [5.74, 6) is 0.659. The van der Waals surface area contributed by atoms with E-state index in [-0.39, 0.29) is 17.2 Å². The molecule has 1 fully saturated rings. The van der Waals surface area contributed by atoms with E-state index in [1.54, 1.807) is 7.11 Å². The maximum Gasteiger partial charge on any atom is 0.257 e. The van der Waals surface area contributed by atoms with Gasteiger partial charge in [-0.1, -0.05) is 42.3 Å². The van der Waals surface area contributed by atoms with Crippen molar-refractivity contribution in [3.63, 3.8) is 0 Å². The molecule has 1 saturated heterocycles. The number of ether oxygens (including phenoxy) is 2. The number of carbonyl (C=O) groups is 2. The van der Waals surface area contributed by atoms with Crippen LogP contribution in [0.3, 0.4) is 0 Å². The maximum absolute atomic E-state index is 13.3. The van der Waals surface area contributed by atoms with E-state index in [2.05, 4.69) is 0 Å². The molecule has 0 aromatic heterocycles. The monoisotopic (exact) mass is 498 g/mol. The van der Waals surface area contributed by atoms with Crippen molar-refractivity contribution in [2.75, 3.05) is 46.5 Å². The van der Waals surface area contributed by atoms with Crippen LogP contribution in [0.2, 0.25) is 5.02 Å². The standard InChI is InChI=1S/C28H35ClN2O4/c1-34-21-28-12-4-5-15-30(26(32)20-22-8-10-23(29)11-9-22)18-19-35-25-7-3-2-6-24(25)27(33)31(16-13-28)17-14-28/h2-3,6-11H,4-5,12-21H2,1H3. The summed E-state index contributed by atoms with van der Waals surface area (Å²) < 4.78 is 11.7. The minimum Gasteiger partial charge on any atom is -0.491 e. The zero-order valence-corrected chi connectivity index (χ0v) is 21.3. The molecule has 0 atom stereocenters. The third-order valence-electron chi connectivity index (χ3n) is 7.30. The number of amides is 2. The molecule has 3 heterocycles. The Kier molecular flexibility index (Phi) is 8.69. The minimum absolute atomic E-state index is 0.0113. The Labute approximate surface area is 213 Å². The molecule has 2 aromatic rings. The molecule has 2 amide bonds. The number of hydrogen-bond acceptors (Lipinski definition) is 4. The molecule has 35 heavy (non-hydrogen) atoms. The number of rotatable bonds is 4. The Bertz CT molecular complexity index is 1000. The number of carbonyl (C=O) groups excluding carboxylic acids is 2. The van der Waals surface area contributed by atoms with E-state index in [1.165, 1.54) is 0 Å². The molecular formula is C28H35ClN2O4. The van der Waals surface area contributed by atoms with Gasteiger partial charge >= 0.3 is 0 Å². The van der Waals surface area contributed by atoms with E-state index >= 15 is 0 Å². The number of halogens is 1. The molecule has 6 nitrogen and oxygen atoms in total. The lowest BCUT2D eigenvalue weighted by atomic mass is 9.75. The fourth-order valence-electron chi connectivity index (χ4n) is 5.21. The van der Waals surface area contributed by atoms with Crippen LogP contribution < -0.4 is 4.74 Å². The molecule has 0 N–H and O–H groups in total. The van der Waals surface area contributed by atoms with Crippen molar-refractivity contribution in [3.8, 4) is 5.75 Å². The summed E-state index contributed by atoms with van der Waals surface area (Å²) in [4.78, 5) is 30.4. The van der Waals surface area contributed by atoms with Crippen LogP contribution in [0.15, 0.2) is 48.5 Å². The highest BCUT2D eigenvalue weighted by Gasteiger charge is 2.36. The summed E-state index contributed by atoms with van der Waals surface area (Å²) in [5.41, 5.74) is 1.61. The second kappa shape index (κ2) is 11.9. The van der Waals surface area contributed by atoms with Gasteiger partial charge < -0.3 is 19.3 Å². The molecule has 0 saturated carbocycles. The number of methoxy groups -OCH3 is 1. The van der Waals surface area contributed by atoms with Gasteiger partial charge in [-0.15, -0.1) is 0 Å². The van der Waals surface area contributed by atoms with Crippen LogP contribution in [-0.2, 0) is 16.0 Å². The molecule has 0 spiro atoms. The highest BCUT2D eigenvalue weighted by atomic mass is 35.5. The van der Waals surface area contributed by atoms with Gasteiger partial charge in [0.15, 0.2) is 0 Å². The topological polar surface area (TPSA) is 59.1 Å². The van der Waals surface area contributed by atoms with Crippen molar-refractivity contribution in [1.29, 1.82) is 0 Å². The molecule has 188 valence electrons. The predicted molar refractivity (Wildman–Crippen MR) is 137 cm³/mol. The van der Waals surface area contributed by atoms with Gasteiger partial charge in [-0.3, -0.25) is 9.59 Å². The molecule has 5 rings (SSSR count). The van der Waals surface area contributed by atoms with Crippen molar-refractivity contribution in [3.05, 3.63) is 64.7 Å². The molecule has 0 radical (unpaired) electrons. The highest BCUT2D eigenvalue weighted by Crippen LogP contribution is 2.38. The molecule has 2 bridgehead atoms. The van der Waals surface area contributed by atoms with Crippen LogP contribution in [0.4, 0.5) is 0 Å². The lowest BCUT2D eigenvalue weighted by Gasteiger charge is -2.41. The Morgan fingerprint density at radius 1 is 1.00 bits per heavy atom. The molecular weight excluding hydrogens is 464 g/mol. The summed E-state index contributed by atoms with van der Waals surface area (Å²) in [6.45, 7) is 3.65. The van der Waals surface area contributed by atoms with Crippen LogP contribution in [0.5, 0.6) is 5.75 Å². The first-order valence-corrected chi connectivity index (χ1v) is 12.9. The highest BCUT2D eigenvalue weighted by molar-refractivity contribution is 6.30. The van der Waals surface area contributed by atoms with E-state index in [4.69, 9.17) is 21.1 Å². The van der Waals surface area contributed by atoms with Crippen molar-refractivity contribution in [2.45, 2.75) is 38.5 Å². The Balaban J connectivity index is 1.52. The molecule has 0 unspecified atom stereocenters. The largest absolute Gasteiger partial charge is 0.491 e. The number of piperidine rings is 1.